The van der Waals surface area contributed by atoms with E-state index in [2.05, 4.69) is 0 Å². The molecule has 5 nitrogen and oxygen atoms in total. The molecule has 16 heavy (non-hydrogen) atoms. The van der Waals surface area contributed by atoms with E-state index in [-0.39, 0.29) is 0 Å². The Morgan fingerprint density at radius 2 is 2.31 bits per heavy atom. The van der Waals surface area contributed by atoms with Crippen molar-refractivity contribution in [1.29, 1.82) is 0 Å². The van der Waals surface area contributed by atoms with Crippen LogP contribution in [0, 0.1) is 0 Å². The number of nitrogens with zero attached hydrogens (tertiary/aromatic N) is 1. The van der Waals surface area contributed by atoms with Gasteiger partial charge in [0.15, 0.2) is 0 Å². The van der Waals surface area contributed by atoms with Gasteiger partial charge in [-0.25, -0.2) is 9.59 Å². The number of urea groups is 1. The van der Waals surface area contributed by atoms with E-state index in [9.17, 15) is 9.59 Å². The Balaban J connectivity index is 2.65. The number of primary amides is 1. The number of carboxylic acid groups (broad SMARTS) is 1. The molecular weight excluding hydrogens is 228 g/mol. The molecular formula is C10H12N2O3S. The number of nitrogens with two attached hydrogens (primary N) is 1. The lowest BCUT2D eigenvalue weighted by atomic mass is 10.3. The van der Waals surface area contributed by atoms with E-state index in [0.717, 1.165) is 16.5 Å². The van der Waals surface area contributed by atoms with Gasteiger partial charge in [0, 0.05) is 18.0 Å². The summed E-state index contributed by atoms with van der Waals surface area (Å²) in [5.41, 5.74) is 5.89. The van der Waals surface area contributed by atoms with Crippen LogP contribution in [0.25, 0.3) is 6.08 Å². The monoisotopic (exact) mass is 240 g/mol. The summed E-state index contributed by atoms with van der Waals surface area (Å²) in [5, 5.41) is 10.3. The predicted octanol–water partition coefficient (Wildman–Crippen LogP) is 1.36. The van der Waals surface area contributed by atoms with Crippen LogP contribution in [-0.4, -0.2) is 29.1 Å². The Morgan fingerprint density at radius 1 is 1.62 bits per heavy atom. The van der Waals surface area contributed by atoms with Crippen molar-refractivity contribution in [3.8, 4) is 0 Å². The molecule has 0 aromatic carbocycles. The maximum Gasteiger partial charge on any atom is 0.328 e. The van der Waals surface area contributed by atoms with Gasteiger partial charge in [-0.15, -0.1) is 11.3 Å². The van der Waals surface area contributed by atoms with Gasteiger partial charge in [0.25, 0.3) is 0 Å². The summed E-state index contributed by atoms with van der Waals surface area (Å²) in [6.45, 7) is 0.431. The first-order valence-corrected chi connectivity index (χ1v) is 5.36. The number of carboxylic acids is 1. The molecule has 0 aliphatic heterocycles. The van der Waals surface area contributed by atoms with E-state index in [1.165, 1.54) is 22.3 Å². The minimum atomic E-state index is -0.984. The average Bonchev–Trinajstić information content (AvgIpc) is 2.62. The van der Waals surface area contributed by atoms with Crippen molar-refractivity contribution in [3.05, 3.63) is 28.0 Å². The largest absolute Gasteiger partial charge is 0.478 e. The molecule has 0 saturated carbocycles. The van der Waals surface area contributed by atoms with E-state index >= 15 is 0 Å². The number of hydrogen-bond acceptors (Lipinski definition) is 3. The van der Waals surface area contributed by atoms with Gasteiger partial charge < -0.3 is 15.7 Å². The van der Waals surface area contributed by atoms with E-state index in [0.29, 0.717) is 6.54 Å². The maximum absolute atomic E-state index is 10.8. The highest BCUT2D eigenvalue weighted by Crippen LogP contribution is 2.17. The van der Waals surface area contributed by atoms with Crippen molar-refractivity contribution < 1.29 is 14.7 Å². The summed E-state index contributed by atoms with van der Waals surface area (Å²) in [4.78, 5) is 23.4. The molecule has 1 aromatic heterocycles. The fourth-order valence-corrected chi connectivity index (χ4v) is 1.95. The smallest absolute Gasteiger partial charge is 0.328 e. The lowest BCUT2D eigenvalue weighted by Gasteiger charge is -2.11. The molecule has 3 N–H and O–H groups in total. The molecule has 0 aliphatic carbocycles. The number of amides is 2. The van der Waals surface area contributed by atoms with Crippen molar-refractivity contribution in [2.24, 2.45) is 5.73 Å². The Bertz CT molecular complexity index is 425. The number of rotatable bonds is 4. The minimum Gasteiger partial charge on any atom is -0.478 e. The highest BCUT2D eigenvalue weighted by atomic mass is 32.1. The zero-order valence-corrected chi connectivity index (χ0v) is 9.53. The minimum absolute atomic E-state index is 0.431. The lowest BCUT2D eigenvalue weighted by Crippen LogP contribution is -2.31. The van der Waals surface area contributed by atoms with Crippen LogP contribution in [0.15, 0.2) is 17.5 Å². The van der Waals surface area contributed by atoms with Crippen LogP contribution in [0.3, 0.4) is 0 Å². The third-order valence-corrected chi connectivity index (χ3v) is 2.80. The fourth-order valence-electron chi connectivity index (χ4n) is 1.05. The van der Waals surface area contributed by atoms with E-state index in [4.69, 9.17) is 10.8 Å². The zero-order chi connectivity index (χ0) is 12.1. The molecule has 0 aliphatic rings. The number of hydrogen-bond donors (Lipinski definition) is 2. The number of carbonyl (C=O) groups is 2. The van der Waals surface area contributed by atoms with E-state index < -0.39 is 12.0 Å². The molecule has 0 saturated heterocycles. The molecule has 0 unspecified atom stereocenters. The zero-order valence-electron chi connectivity index (χ0n) is 8.71. The Kier molecular flexibility index (Phi) is 4.07. The fraction of sp³-hybridized carbons (Fsp3) is 0.200. The van der Waals surface area contributed by atoms with Crippen molar-refractivity contribution in [2.75, 3.05) is 7.05 Å². The topological polar surface area (TPSA) is 83.6 Å². The van der Waals surface area contributed by atoms with Gasteiger partial charge in [-0.05, 0) is 23.1 Å². The Morgan fingerprint density at radius 3 is 2.88 bits per heavy atom. The molecule has 86 valence electrons. The first-order chi connectivity index (χ1) is 7.49. The van der Waals surface area contributed by atoms with Gasteiger partial charge >= 0.3 is 12.0 Å². The summed E-state index contributed by atoms with van der Waals surface area (Å²) in [6, 6.07) is 1.33. The maximum atomic E-state index is 10.8. The van der Waals surface area contributed by atoms with Crippen LogP contribution < -0.4 is 5.73 Å². The SMILES string of the molecule is CN(Cc1cc(C=CC(=O)O)cs1)C(N)=O. The van der Waals surface area contributed by atoms with E-state index in [1.54, 1.807) is 7.05 Å². The quantitative estimate of drug-likeness (QED) is 0.779. The van der Waals surface area contributed by atoms with Gasteiger partial charge in [0.1, 0.15) is 0 Å². The summed E-state index contributed by atoms with van der Waals surface area (Å²) in [6.07, 6.45) is 2.58. The third-order valence-electron chi connectivity index (χ3n) is 1.86. The highest BCUT2D eigenvalue weighted by molar-refractivity contribution is 7.10. The van der Waals surface area contributed by atoms with Crippen LogP contribution in [0.2, 0.25) is 0 Å². The van der Waals surface area contributed by atoms with Crippen molar-refractivity contribution >= 4 is 29.4 Å². The first-order valence-electron chi connectivity index (χ1n) is 4.48. The second-order valence-electron chi connectivity index (χ2n) is 3.21. The molecule has 0 atom stereocenters. The molecule has 6 heteroatoms. The summed E-state index contributed by atoms with van der Waals surface area (Å²) in [5.74, 6) is -0.984. The second-order valence-corrected chi connectivity index (χ2v) is 4.21. The number of carbonyl (C=O) groups excluding carboxylic acids is 1. The number of thiophene rings is 1. The van der Waals surface area contributed by atoms with E-state index in [1.807, 2.05) is 11.4 Å². The Hall–Kier alpha value is -1.82. The van der Waals surface area contributed by atoms with Crippen LogP contribution in [0.5, 0.6) is 0 Å². The first kappa shape index (κ1) is 12.3. The molecule has 0 bridgehead atoms. The standard InChI is InChI=1S/C10H12N2O3S/c1-12(10(11)15)5-8-4-7(6-16-8)2-3-9(13)14/h2-4,6H,5H2,1H3,(H2,11,15)(H,13,14). The van der Waals surface area contributed by atoms with Gasteiger partial charge in [-0.3, -0.25) is 0 Å². The summed E-state index contributed by atoms with van der Waals surface area (Å²) in [7, 11) is 1.61. The molecule has 0 fully saturated rings. The normalized spacial score (nSPS) is 10.6. The highest BCUT2D eigenvalue weighted by Gasteiger charge is 2.05. The molecule has 0 radical (unpaired) electrons. The molecule has 0 spiro atoms. The average molecular weight is 240 g/mol. The Labute approximate surface area is 96.8 Å². The second kappa shape index (κ2) is 5.32. The van der Waals surface area contributed by atoms with Crippen molar-refractivity contribution in [1.82, 2.24) is 4.90 Å². The van der Waals surface area contributed by atoms with Crippen LogP contribution in [0.4, 0.5) is 4.79 Å². The van der Waals surface area contributed by atoms with Gasteiger partial charge in [-0.1, -0.05) is 0 Å². The lowest BCUT2D eigenvalue weighted by molar-refractivity contribution is -0.131. The van der Waals surface area contributed by atoms with Crippen LogP contribution in [0.1, 0.15) is 10.4 Å². The van der Waals surface area contributed by atoms with Crippen molar-refractivity contribution in [3.63, 3.8) is 0 Å². The van der Waals surface area contributed by atoms with Gasteiger partial charge in [-0.2, -0.15) is 0 Å². The third kappa shape index (κ3) is 3.74. The van der Waals surface area contributed by atoms with Gasteiger partial charge in [0.2, 0.25) is 0 Å². The van der Waals surface area contributed by atoms with Crippen LogP contribution in [-0.2, 0) is 11.3 Å². The molecule has 2 amide bonds. The number of aliphatic carboxylic acids is 1. The van der Waals surface area contributed by atoms with Crippen LogP contribution >= 0.6 is 11.3 Å². The van der Waals surface area contributed by atoms with Gasteiger partial charge in [0.05, 0.1) is 6.54 Å². The summed E-state index contributed by atoms with van der Waals surface area (Å²) < 4.78 is 0. The predicted molar refractivity (Wildman–Crippen MR) is 62.0 cm³/mol. The molecule has 1 aromatic rings. The summed E-state index contributed by atoms with van der Waals surface area (Å²) >= 11 is 1.45. The van der Waals surface area contributed by atoms with Crippen molar-refractivity contribution in [2.45, 2.75) is 6.54 Å². The molecule has 1 rings (SSSR count). The molecule has 1 heterocycles.